The third kappa shape index (κ3) is 8.41. The third-order valence-electron chi connectivity index (χ3n) is 6.34. The second-order valence-corrected chi connectivity index (χ2v) is 8.60. The van der Waals surface area contributed by atoms with Crippen LogP contribution >= 0.6 is 0 Å². The van der Waals surface area contributed by atoms with E-state index in [4.69, 9.17) is 4.79 Å². The average Bonchev–Trinajstić information content (AvgIpc) is 2.80. The zero-order valence-corrected chi connectivity index (χ0v) is 19.0. The van der Waals surface area contributed by atoms with E-state index in [2.05, 4.69) is 84.3 Å². The molecule has 0 amide bonds. The molecule has 0 aliphatic carbocycles. The number of rotatable bonds is 4. The Bertz CT molecular complexity index is 616. The highest BCUT2D eigenvalue weighted by molar-refractivity contribution is 5.15. The largest absolute Gasteiger partial charge is 0.307 e. The Morgan fingerprint density at radius 3 is 1.37 bits per heavy atom. The predicted octanol–water partition coefficient (Wildman–Crippen LogP) is 5.94. The molecule has 0 aromatic heterocycles. The van der Waals surface area contributed by atoms with Crippen LogP contribution in [-0.2, 0) is 17.9 Å². The van der Waals surface area contributed by atoms with E-state index < -0.39 is 0 Å². The lowest BCUT2D eigenvalue weighted by atomic mass is 10.0. The second kappa shape index (κ2) is 14.1. The Balaban J connectivity index is 0.000000197. The molecule has 0 N–H and O–H groups in total. The van der Waals surface area contributed by atoms with E-state index in [0.29, 0.717) is 0 Å². The average molecular weight is 409 g/mol. The van der Waals surface area contributed by atoms with E-state index >= 15 is 0 Å². The molecule has 30 heavy (non-hydrogen) atoms. The maximum absolute atomic E-state index is 8.00. The molecule has 164 valence electrons. The summed E-state index contributed by atoms with van der Waals surface area (Å²) in [7, 11) is 0. The van der Waals surface area contributed by atoms with Crippen molar-refractivity contribution >= 4 is 6.79 Å². The summed E-state index contributed by atoms with van der Waals surface area (Å²) in [6.07, 6.45) is 8.30. The molecule has 0 spiro atoms. The minimum absolute atomic E-state index is 0.768. The van der Waals surface area contributed by atoms with Gasteiger partial charge in [-0.2, -0.15) is 0 Å². The zero-order chi connectivity index (χ0) is 21.6. The summed E-state index contributed by atoms with van der Waals surface area (Å²) in [5, 5.41) is 0. The Kier molecular flexibility index (Phi) is 11.4. The fraction of sp³-hybridized carbons (Fsp3) is 0.519. The summed E-state index contributed by atoms with van der Waals surface area (Å²) in [6.45, 7) is 11.5. The number of carbonyl (C=O) groups is 1. The summed E-state index contributed by atoms with van der Waals surface area (Å²) < 4.78 is 0. The third-order valence-corrected chi connectivity index (χ3v) is 6.34. The van der Waals surface area contributed by atoms with Crippen molar-refractivity contribution in [1.29, 1.82) is 0 Å². The predicted molar refractivity (Wildman–Crippen MR) is 127 cm³/mol. The van der Waals surface area contributed by atoms with Crippen LogP contribution in [0.15, 0.2) is 60.7 Å². The first-order valence-corrected chi connectivity index (χ1v) is 11.6. The number of hydrogen-bond donors (Lipinski definition) is 0. The SMILES string of the molecule is C=O.CC1CCCCN1Cc1ccccc1.CC1CCCCN1Cc1ccccc1. The first-order chi connectivity index (χ1) is 14.7. The van der Waals surface area contributed by atoms with E-state index in [1.807, 2.05) is 6.79 Å². The molecule has 0 radical (unpaired) electrons. The van der Waals surface area contributed by atoms with Crippen molar-refractivity contribution < 1.29 is 4.79 Å². The van der Waals surface area contributed by atoms with Crippen LogP contribution in [0.25, 0.3) is 0 Å². The lowest BCUT2D eigenvalue weighted by Crippen LogP contribution is -2.36. The van der Waals surface area contributed by atoms with Crippen LogP contribution in [0.2, 0.25) is 0 Å². The van der Waals surface area contributed by atoms with E-state index in [0.717, 1.165) is 25.2 Å². The van der Waals surface area contributed by atoms with Crippen LogP contribution in [0.4, 0.5) is 0 Å². The molecule has 0 saturated carbocycles. The maximum Gasteiger partial charge on any atom is 0.106 e. The molecule has 3 nitrogen and oxygen atoms in total. The van der Waals surface area contributed by atoms with Gasteiger partial charge in [0, 0.05) is 25.2 Å². The smallest absolute Gasteiger partial charge is 0.106 e. The minimum Gasteiger partial charge on any atom is -0.307 e. The Labute approximate surface area is 184 Å². The molecule has 3 heteroatoms. The topological polar surface area (TPSA) is 23.6 Å². The number of carbonyl (C=O) groups excluding carboxylic acids is 1. The van der Waals surface area contributed by atoms with Crippen LogP contribution in [0.1, 0.15) is 63.5 Å². The van der Waals surface area contributed by atoms with Gasteiger partial charge in [0.15, 0.2) is 0 Å². The summed E-state index contributed by atoms with van der Waals surface area (Å²) in [5.74, 6) is 0. The van der Waals surface area contributed by atoms with E-state index in [1.165, 1.54) is 62.7 Å². The number of piperidine rings is 2. The molecule has 2 aliphatic rings. The van der Waals surface area contributed by atoms with Gasteiger partial charge in [-0.25, -0.2) is 0 Å². The molecular weight excluding hydrogens is 368 g/mol. The van der Waals surface area contributed by atoms with Crippen LogP contribution < -0.4 is 0 Å². The molecule has 2 aromatic rings. The molecule has 2 aliphatic heterocycles. The number of hydrogen-bond acceptors (Lipinski definition) is 3. The highest BCUT2D eigenvalue weighted by atomic mass is 16.1. The van der Waals surface area contributed by atoms with E-state index in [9.17, 15) is 0 Å². The second-order valence-electron chi connectivity index (χ2n) is 8.60. The van der Waals surface area contributed by atoms with E-state index in [-0.39, 0.29) is 0 Å². The van der Waals surface area contributed by atoms with Crippen molar-refractivity contribution in [2.75, 3.05) is 13.1 Å². The maximum atomic E-state index is 8.00. The van der Waals surface area contributed by atoms with Crippen molar-refractivity contribution in [2.24, 2.45) is 0 Å². The standard InChI is InChI=1S/2C13H19N.CH2O/c2*1-12-7-5-6-10-14(12)11-13-8-3-2-4-9-13;1-2/h2*2-4,8-9,12H,5-7,10-11H2,1H3;1H2. The molecule has 4 rings (SSSR count). The lowest BCUT2D eigenvalue weighted by molar-refractivity contribution is -0.0979. The van der Waals surface area contributed by atoms with Crippen LogP contribution in [-0.4, -0.2) is 41.8 Å². The molecule has 0 bridgehead atoms. The van der Waals surface area contributed by atoms with Gasteiger partial charge < -0.3 is 4.79 Å². The highest BCUT2D eigenvalue weighted by Crippen LogP contribution is 2.19. The van der Waals surface area contributed by atoms with Gasteiger partial charge in [0.25, 0.3) is 0 Å². The van der Waals surface area contributed by atoms with E-state index in [1.54, 1.807) is 0 Å². The van der Waals surface area contributed by atoms with Crippen molar-refractivity contribution in [3.63, 3.8) is 0 Å². The molecule has 2 unspecified atom stereocenters. The molecule has 2 fully saturated rings. The molecule has 2 atom stereocenters. The van der Waals surface area contributed by atoms with Crippen molar-refractivity contribution in [1.82, 2.24) is 9.80 Å². The number of benzene rings is 2. The summed E-state index contributed by atoms with van der Waals surface area (Å²) in [5.41, 5.74) is 2.89. The van der Waals surface area contributed by atoms with Gasteiger partial charge in [-0.15, -0.1) is 0 Å². The van der Waals surface area contributed by atoms with Crippen LogP contribution in [0.3, 0.4) is 0 Å². The van der Waals surface area contributed by atoms with Gasteiger partial charge >= 0.3 is 0 Å². The Morgan fingerprint density at radius 1 is 0.667 bits per heavy atom. The Hall–Kier alpha value is -1.97. The van der Waals surface area contributed by atoms with Crippen molar-refractivity contribution in [2.45, 2.75) is 77.5 Å². The summed E-state index contributed by atoms with van der Waals surface area (Å²) in [4.78, 5) is 13.2. The van der Waals surface area contributed by atoms with Gasteiger partial charge in [-0.3, -0.25) is 9.80 Å². The summed E-state index contributed by atoms with van der Waals surface area (Å²) in [6, 6.07) is 23.1. The minimum atomic E-state index is 0.768. The van der Waals surface area contributed by atoms with Crippen LogP contribution in [0, 0.1) is 0 Å². The normalized spacial score (nSPS) is 22.2. The van der Waals surface area contributed by atoms with Gasteiger partial charge in [-0.05, 0) is 63.7 Å². The van der Waals surface area contributed by atoms with Gasteiger partial charge in [0.1, 0.15) is 6.79 Å². The quantitative estimate of drug-likeness (QED) is 0.626. The van der Waals surface area contributed by atoms with Crippen molar-refractivity contribution in [3.8, 4) is 0 Å². The van der Waals surface area contributed by atoms with Crippen LogP contribution in [0.5, 0.6) is 0 Å². The van der Waals surface area contributed by atoms with Crippen molar-refractivity contribution in [3.05, 3.63) is 71.8 Å². The lowest BCUT2D eigenvalue weighted by Gasteiger charge is -2.33. The number of likely N-dealkylation sites (tertiary alicyclic amines) is 2. The monoisotopic (exact) mass is 408 g/mol. The first-order valence-electron chi connectivity index (χ1n) is 11.6. The molecule has 2 saturated heterocycles. The van der Waals surface area contributed by atoms with Gasteiger partial charge in [0.05, 0.1) is 0 Å². The molecule has 2 aromatic carbocycles. The Morgan fingerprint density at radius 2 is 1.03 bits per heavy atom. The van der Waals surface area contributed by atoms with Gasteiger partial charge in [-0.1, -0.05) is 73.5 Å². The first kappa shape index (κ1) is 24.3. The summed E-state index contributed by atoms with van der Waals surface area (Å²) >= 11 is 0. The highest BCUT2D eigenvalue weighted by Gasteiger charge is 2.18. The molecular formula is C27H40N2O. The fourth-order valence-corrected chi connectivity index (χ4v) is 4.42. The fourth-order valence-electron chi connectivity index (χ4n) is 4.42. The molecule has 2 heterocycles. The zero-order valence-electron chi connectivity index (χ0n) is 19.0. The number of nitrogens with zero attached hydrogens (tertiary/aromatic N) is 2. The van der Waals surface area contributed by atoms with Gasteiger partial charge in [0.2, 0.25) is 0 Å².